The monoisotopic (exact) mass is 570 g/mol. The third kappa shape index (κ3) is 5.73. The summed E-state index contributed by atoms with van der Waals surface area (Å²) < 4.78 is 40.7. The normalized spacial score (nSPS) is 12.1. The summed E-state index contributed by atoms with van der Waals surface area (Å²) in [5.41, 5.74) is 7.99. The number of nitrogens with one attached hydrogen (secondary N) is 2. The number of amides is 3. The van der Waals surface area contributed by atoms with Crippen molar-refractivity contribution >= 4 is 34.3 Å². The molecular weight excluding hydrogens is 545 g/mol. The topological polar surface area (TPSA) is 106 Å². The smallest absolute Gasteiger partial charge is 0.368 e. The number of hydrogen-bond acceptors (Lipinski definition) is 3. The minimum atomic E-state index is -4.46. The molecule has 0 fully saturated rings. The Morgan fingerprint density at radius 2 is 1.48 bits per heavy atom. The van der Waals surface area contributed by atoms with Gasteiger partial charge in [-0.25, -0.2) is 0 Å². The first kappa shape index (κ1) is 28.2. The summed E-state index contributed by atoms with van der Waals surface area (Å²) in [6.45, 7) is 0. The van der Waals surface area contributed by atoms with Crippen molar-refractivity contribution in [2.75, 3.05) is 5.32 Å². The first-order valence-corrected chi connectivity index (χ1v) is 12.9. The van der Waals surface area contributed by atoms with Crippen molar-refractivity contribution in [3.8, 4) is 11.1 Å². The fraction of sp³-hybridized carbons (Fsp3) is 0.0938. The number of nitrogens with zero attached hydrogens (tertiary/aromatic N) is 1. The van der Waals surface area contributed by atoms with Crippen LogP contribution in [0.25, 0.3) is 22.0 Å². The van der Waals surface area contributed by atoms with E-state index in [1.807, 2.05) is 0 Å². The van der Waals surface area contributed by atoms with Crippen LogP contribution >= 0.6 is 0 Å². The van der Waals surface area contributed by atoms with Gasteiger partial charge in [-0.2, -0.15) is 13.2 Å². The van der Waals surface area contributed by atoms with Crippen LogP contribution in [0.5, 0.6) is 0 Å². The van der Waals surface area contributed by atoms with Crippen LogP contribution in [-0.4, -0.2) is 22.3 Å². The average Bonchev–Trinajstić information content (AvgIpc) is 3.31. The lowest BCUT2D eigenvalue weighted by Gasteiger charge is -2.16. The number of rotatable bonds is 7. The lowest BCUT2D eigenvalue weighted by molar-refractivity contribution is -0.137. The second kappa shape index (κ2) is 11.2. The molecule has 5 rings (SSSR count). The van der Waals surface area contributed by atoms with Crippen molar-refractivity contribution in [3.63, 3.8) is 0 Å². The van der Waals surface area contributed by atoms with Gasteiger partial charge >= 0.3 is 6.18 Å². The molecule has 0 bridgehead atoms. The fourth-order valence-electron chi connectivity index (χ4n) is 4.78. The number of nitrogens with two attached hydrogens (primary N) is 1. The Morgan fingerprint density at radius 3 is 2.14 bits per heavy atom. The summed E-state index contributed by atoms with van der Waals surface area (Å²) >= 11 is 0. The van der Waals surface area contributed by atoms with E-state index in [2.05, 4.69) is 10.6 Å². The van der Waals surface area contributed by atoms with Crippen molar-refractivity contribution in [2.45, 2.75) is 12.2 Å². The molecule has 0 aliphatic carbocycles. The van der Waals surface area contributed by atoms with E-state index in [1.54, 1.807) is 90.5 Å². The molecule has 3 amide bonds. The highest BCUT2D eigenvalue weighted by Crippen LogP contribution is 2.32. The largest absolute Gasteiger partial charge is 0.416 e. The number of carbonyl (C=O) groups is 3. The molecular formula is C32H25F3N4O3. The van der Waals surface area contributed by atoms with Crippen LogP contribution < -0.4 is 16.4 Å². The maximum absolute atomic E-state index is 13.3. The molecule has 0 aliphatic heterocycles. The van der Waals surface area contributed by atoms with E-state index in [-0.39, 0.29) is 11.3 Å². The van der Waals surface area contributed by atoms with Crippen LogP contribution in [0.15, 0.2) is 103 Å². The highest BCUT2D eigenvalue weighted by molar-refractivity contribution is 6.09. The third-order valence-electron chi connectivity index (χ3n) is 6.92. The molecule has 0 saturated carbocycles. The SMILES string of the molecule is Cn1c(C(=O)NC(C(N)=O)c2ccccc2)cc2cc(NC(=O)c3ccccc3-c3ccc(C(F)(F)F)cc3)ccc21. The molecule has 7 nitrogen and oxygen atoms in total. The number of anilines is 1. The van der Waals surface area contributed by atoms with E-state index in [0.29, 0.717) is 33.3 Å². The lowest BCUT2D eigenvalue weighted by atomic mass is 9.98. The zero-order chi connectivity index (χ0) is 30.0. The Labute approximate surface area is 238 Å². The number of primary amides is 1. The maximum Gasteiger partial charge on any atom is 0.416 e. The molecule has 212 valence electrons. The lowest BCUT2D eigenvalue weighted by Crippen LogP contribution is -2.38. The molecule has 0 saturated heterocycles. The maximum atomic E-state index is 13.3. The summed E-state index contributed by atoms with van der Waals surface area (Å²) in [6.07, 6.45) is -4.46. The van der Waals surface area contributed by atoms with E-state index in [4.69, 9.17) is 5.73 Å². The molecule has 1 unspecified atom stereocenters. The molecule has 10 heteroatoms. The molecule has 0 aliphatic rings. The number of benzene rings is 4. The van der Waals surface area contributed by atoms with E-state index >= 15 is 0 Å². The molecule has 0 radical (unpaired) electrons. The van der Waals surface area contributed by atoms with Gasteiger partial charge in [-0.05, 0) is 59.2 Å². The molecule has 1 heterocycles. The van der Waals surface area contributed by atoms with Gasteiger partial charge in [-0.1, -0.05) is 60.7 Å². The van der Waals surface area contributed by atoms with Crippen LogP contribution in [0.2, 0.25) is 0 Å². The van der Waals surface area contributed by atoms with Crippen LogP contribution in [0.4, 0.5) is 18.9 Å². The van der Waals surface area contributed by atoms with E-state index in [1.165, 1.54) is 12.1 Å². The summed E-state index contributed by atoms with van der Waals surface area (Å²) in [4.78, 5) is 38.5. The molecule has 4 aromatic carbocycles. The number of carbonyl (C=O) groups excluding carboxylic acids is 3. The van der Waals surface area contributed by atoms with Crippen molar-refractivity contribution in [1.29, 1.82) is 0 Å². The molecule has 0 spiro atoms. The Kier molecular flexibility index (Phi) is 7.54. The summed E-state index contributed by atoms with van der Waals surface area (Å²) in [6, 6.07) is 25.7. The zero-order valence-corrected chi connectivity index (χ0v) is 22.3. The van der Waals surface area contributed by atoms with E-state index in [0.717, 1.165) is 12.1 Å². The molecule has 42 heavy (non-hydrogen) atoms. The first-order chi connectivity index (χ1) is 20.0. The highest BCUT2D eigenvalue weighted by Gasteiger charge is 2.30. The van der Waals surface area contributed by atoms with E-state index in [9.17, 15) is 27.6 Å². The number of aromatic nitrogens is 1. The quantitative estimate of drug-likeness (QED) is 0.221. The fourth-order valence-corrected chi connectivity index (χ4v) is 4.78. The Hall–Kier alpha value is -5.38. The van der Waals surface area contributed by atoms with Crippen molar-refractivity contribution < 1.29 is 27.6 Å². The molecule has 4 N–H and O–H groups in total. The third-order valence-corrected chi connectivity index (χ3v) is 6.92. The van der Waals surface area contributed by atoms with Crippen molar-refractivity contribution in [1.82, 2.24) is 9.88 Å². The van der Waals surface area contributed by atoms with Gasteiger partial charge in [0.2, 0.25) is 5.91 Å². The van der Waals surface area contributed by atoms with Gasteiger partial charge in [-0.3, -0.25) is 14.4 Å². The Morgan fingerprint density at radius 1 is 0.810 bits per heavy atom. The van der Waals surface area contributed by atoms with Crippen LogP contribution in [-0.2, 0) is 18.0 Å². The zero-order valence-electron chi connectivity index (χ0n) is 22.3. The number of alkyl halides is 3. The predicted molar refractivity (Wildman–Crippen MR) is 154 cm³/mol. The second-order valence-electron chi connectivity index (χ2n) is 9.66. The van der Waals surface area contributed by atoms with Crippen LogP contribution in [0, 0.1) is 0 Å². The van der Waals surface area contributed by atoms with Gasteiger partial charge in [0, 0.05) is 29.2 Å². The Bertz CT molecular complexity index is 1800. The number of fused-ring (bicyclic) bond motifs is 1. The molecule has 1 atom stereocenters. The van der Waals surface area contributed by atoms with Gasteiger partial charge in [0.05, 0.1) is 5.56 Å². The van der Waals surface area contributed by atoms with Gasteiger partial charge in [0.25, 0.3) is 11.8 Å². The predicted octanol–water partition coefficient (Wildman–Crippen LogP) is 6.07. The van der Waals surface area contributed by atoms with Gasteiger partial charge in [0.1, 0.15) is 11.7 Å². The summed E-state index contributed by atoms with van der Waals surface area (Å²) in [5.74, 6) is -1.65. The summed E-state index contributed by atoms with van der Waals surface area (Å²) in [5, 5.41) is 6.18. The highest BCUT2D eigenvalue weighted by atomic mass is 19.4. The Balaban J connectivity index is 1.38. The first-order valence-electron chi connectivity index (χ1n) is 12.9. The van der Waals surface area contributed by atoms with E-state index < -0.39 is 35.5 Å². The average molecular weight is 571 g/mol. The van der Waals surface area contributed by atoms with Crippen molar-refractivity contribution in [2.24, 2.45) is 12.8 Å². The molecule has 5 aromatic rings. The number of halogens is 3. The number of aryl methyl sites for hydroxylation is 1. The minimum Gasteiger partial charge on any atom is -0.368 e. The second-order valence-corrected chi connectivity index (χ2v) is 9.66. The van der Waals surface area contributed by atoms with Crippen LogP contribution in [0.3, 0.4) is 0 Å². The van der Waals surface area contributed by atoms with Crippen molar-refractivity contribution in [3.05, 3.63) is 126 Å². The van der Waals surface area contributed by atoms with Gasteiger partial charge < -0.3 is 20.9 Å². The minimum absolute atomic E-state index is 0.281. The van der Waals surface area contributed by atoms with Gasteiger partial charge in [-0.15, -0.1) is 0 Å². The molecule has 1 aromatic heterocycles. The van der Waals surface area contributed by atoms with Crippen LogP contribution in [0.1, 0.15) is 38.0 Å². The summed E-state index contributed by atoms with van der Waals surface area (Å²) in [7, 11) is 1.71. The number of hydrogen-bond donors (Lipinski definition) is 3. The van der Waals surface area contributed by atoms with Gasteiger partial charge in [0.15, 0.2) is 0 Å². The standard InChI is InChI=1S/C32H25F3N4O3/c1-39-26-16-15-23(17-21(26)18-27(39)31(42)38-28(29(36)40)20-7-3-2-4-8-20)37-30(41)25-10-6-5-9-24(25)19-11-13-22(14-12-19)32(33,34)35/h2-18,28H,1H3,(H2,36,40)(H,37,41)(H,38,42).